The van der Waals surface area contributed by atoms with E-state index in [0.717, 1.165) is 11.1 Å². The number of rotatable bonds is 6. The van der Waals surface area contributed by atoms with Crippen LogP contribution in [-0.4, -0.2) is 11.8 Å². The molecule has 0 N–H and O–H groups in total. The Labute approximate surface area is 145 Å². The van der Waals surface area contributed by atoms with Gasteiger partial charge in [0.1, 0.15) is 11.5 Å². The van der Waals surface area contributed by atoms with Crippen LogP contribution in [0.4, 0.5) is 0 Å². The van der Waals surface area contributed by atoms with Gasteiger partial charge < -0.3 is 4.74 Å². The lowest BCUT2D eigenvalue weighted by Crippen LogP contribution is -2.00. The zero-order chi connectivity index (χ0) is 16.7. The fourth-order valence-electron chi connectivity index (χ4n) is 2.36. The normalized spacial score (nSPS) is 9.91. The summed E-state index contributed by atoms with van der Waals surface area (Å²) in [5.74, 6) is 1.94. The topological polar surface area (TPSA) is 56.8 Å². The highest BCUT2D eigenvalue weighted by Crippen LogP contribution is 2.32. The molecule has 0 unspecified atom stereocenters. The number of halogens is 2. The van der Waals surface area contributed by atoms with Crippen molar-refractivity contribution in [1.29, 1.82) is 10.5 Å². The molecule has 0 amide bonds. The lowest BCUT2D eigenvalue weighted by Gasteiger charge is -2.15. The predicted molar refractivity (Wildman–Crippen MR) is 91.2 cm³/mol. The van der Waals surface area contributed by atoms with Gasteiger partial charge in [0.25, 0.3) is 0 Å². The van der Waals surface area contributed by atoms with Gasteiger partial charge >= 0.3 is 0 Å². The standard InChI is InChI=1S/C18H14Cl2N2O/c19-9-7-15-13(11-21)3-1-5-17(15)23-18-6-2-4-14(12-22)16(18)8-10-20/h1-6H,7-10H2. The van der Waals surface area contributed by atoms with Crippen LogP contribution in [0.1, 0.15) is 22.3 Å². The molecule has 2 aromatic carbocycles. The maximum absolute atomic E-state index is 9.25. The second-order valence-electron chi connectivity index (χ2n) is 4.77. The predicted octanol–water partition coefficient (Wildman–Crippen LogP) is 4.78. The molecule has 23 heavy (non-hydrogen) atoms. The second-order valence-corrected chi connectivity index (χ2v) is 5.52. The van der Waals surface area contributed by atoms with Crippen LogP contribution >= 0.6 is 23.2 Å². The summed E-state index contributed by atoms with van der Waals surface area (Å²) in [4.78, 5) is 0. The Morgan fingerprint density at radius 1 is 0.783 bits per heavy atom. The molecule has 0 aromatic heterocycles. The van der Waals surface area contributed by atoms with Crippen molar-refractivity contribution in [1.82, 2.24) is 0 Å². The van der Waals surface area contributed by atoms with Crippen molar-refractivity contribution in [2.75, 3.05) is 11.8 Å². The van der Waals surface area contributed by atoms with Gasteiger partial charge in [-0.3, -0.25) is 0 Å². The molecule has 2 aromatic rings. The van der Waals surface area contributed by atoms with Crippen molar-refractivity contribution in [3.63, 3.8) is 0 Å². The van der Waals surface area contributed by atoms with Crippen LogP contribution in [0.2, 0.25) is 0 Å². The van der Waals surface area contributed by atoms with E-state index in [1.54, 1.807) is 36.4 Å². The quantitative estimate of drug-likeness (QED) is 0.708. The highest BCUT2D eigenvalue weighted by molar-refractivity contribution is 6.18. The molecule has 0 atom stereocenters. The molecule has 0 bridgehead atoms. The van der Waals surface area contributed by atoms with Crippen molar-refractivity contribution in [2.45, 2.75) is 12.8 Å². The van der Waals surface area contributed by atoms with Crippen LogP contribution in [0.3, 0.4) is 0 Å². The minimum atomic E-state index is 0.391. The monoisotopic (exact) mass is 344 g/mol. The molecule has 0 aliphatic rings. The van der Waals surface area contributed by atoms with Gasteiger partial charge in [-0.25, -0.2) is 0 Å². The van der Waals surface area contributed by atoms with Crippen molar-refractivity contribution >= 4 is 23.2 Å². The second kappa shape index (κ2) is 8.44. The molecule has 0 fully saturated rings. The van der Waals surface area contributed by atoms with Crippen LogP contribution in [0.15, 0.2) is 36.4 Å². The van der Waals surface area contributed by atoms with E-state index in [2.05, 4.69) is 12.1 Å². The third-order valence-electron chi connectivity index (χ3n) is 3.42. The average molecular weight is 345 g/mol. The molecule has 0 aliphatic carbocycles. The highest BCUT2D eigenvalue weighted by atomic mass is 35.5. The van der Waals surface area contributed by atoms with E-state index in [1.807, 2.05) is 0 Å². The molecule has 2 rings (SSSR count). The van der Waals surface area contributed by atoms with Crippen molar-refractivity contribution in [3.8, 4) is 23.6 Å². The van der Waals surface area contributed by atoms with Gasteiger partial charge in [0.15, 0.2) is 0 Å². The Morgan fingerprint density at radius 3 is 1.57 bits per heavy atom. The van der Waals surface area contributed by atoms with Crippen LogP contribution in [-0.2, 0) is 12.8 Å². The molecule has 0 aliphatic heterocycles. The average Bonchev–Trinajstić information content (AvgIpc) is 2.58. The fraction of sp³-hybridized carbons (Fsp3) is 0.222. The molecule has 0 heterocycles. The Kier molecular flexibility index (Phi) is 6.29. The first-order valence-electron chi connectivity index (χ1n) is 7.09. The van der Waals surface area contributed by atoms with Gasteiger partial charge in [-0.2, -0.15) is 10.5 Å². The Hall–Kier alpha value is -2.20. The molecule has 3 nitrogen and oxygen atoms in total. The van der Waals surface area contributed by atoms with Crippen LogP contribution in [0, 0.1) is 22.7 Å². The first kappa shape index (κ1) is 17.2. The number of ether oxygens (including phenoxy) is 1. The number of benzene rings is 2. The van der Waals surface area contributed by atoms with Gasteiger partial charge in [0.05, 0.1) is 23.3 Å². The molecular formula is C18H14Cl2N2O. The van der Waals surface area contributed by atoms with E-state index in [-0.39, 0.29) is 0 Å². The molecule has 116 valence electrons. The SMILES string of the molecule is N#Cc1cccc(Oc2cccc(C#N)c2CCCl)c1CCCl. The van der Waals surface area contributed by atoms with E-state index < -0.39 is 0 Å². The molecule has 0 saturated heterocycles. The van der Waals surface area contributed by atoms with Gasteiger partial charge in [-0.15, -0.1) is 23.2 Å². The van der Waals surface area contributed by atoms with Crippen LogP contribution in [0.5, 0.6) is 11.5 Å². The molecule has 0 spiro atoms. The zero-order valence-electron chi connectivity index (χ0n) is 12.4. The summed E-state index contributed by atoms with van der Waals surface area (Å²) in [6, 6.07) is 14.9. The summed E-state index contributed by atoms with van der Waals surface area (Å²) in [5, 5.41) is 18.5. The number of alkyl halides is 2. The largest absolute Gasteiger partial charge is 0.457 e. The first-order valence-corrected chi connectivity index (χ1v) is 8.15. The smallest absolute Gasteiger partial charge is 0.131 e. The Balaban J connectivity index is 2.48. The molecular weight excluding hydrogens is 331 g/mol. The third kappa shape index (κ3) is 3.96. The number of nitrogens with zero attached hydrogens (tertiary/aromatic N) is 2. The number of hydrogen-bond acceptors (Lipinski definition) is 3. The number of nitriles is 2. The van der Waals surface area contributed by atoms with Gasteiger partial charge in [-0.1, -0.05) is 12.1 Å². The summed E-state index contributed by atoms with van der Waals surface area (Å²) >= 11 is 11.7. The van der Waals surface area contributed by atoms with Gasteiger partial charge in [0.2, 0.25) is 0 Å². The Morgan fingerprint density at radius 2 is 1.22 bits per heavy atom. The first-order chi connectivity index (χ1) is 11.2. The fourth-order valence-corrected chi connectivity index (χ4v) is 2.73. The van der Waals surface area contributed by atoms with E-state index in [9.17, 15) is 10.5 Å². The van der Waals surface area contributed by atoms with E-state index in [1.165, 1.54) is 0 Å². The van der Waals surface area contributed by atoms with E-state index in [0.29, 0.717) is 47.2 Å². The van der Waals surface area contributed by atoms with Gasteiger partial charge in [-0.05, 0) is 37.1 Å². The maximum Gasteiger partial charge on any atom is 0.131 e. The molecule has 0 saturated carbocycles. The van der Waals surface area contributed by atoms with Crippen LogP contribution < -0.4 is 4.74 Å². The number of hydrogen-bond donors (Lipinski definition) is 0. The minimum Gasteiger partial charge on any atom is -0.457 e. The lowest BCUT2D eigenvalue weighted by molar-refractivity contribution is 0.471. The van der Waals surface area contributed by atoms with Crippen molar-refractivity contribution in [2.24, 2.45) is 0 Å². The Bertz CT molecular complexity index is 710. The lowest BCUT2D eigenvalue weighted by atomic mass is 10.0. The molecule has 0 radical (unpaired) electrons. The summed E-state index contributed by atoms with van der Waals surface area (Å²) in [5.41, 5.74) is 2.62. The minimum absolute atomic E-state index is 0.391. The van der Waals surface area contributed by atoms with Crippen molar-refractivity contribution < 1.29 is 4.74 Å². The maximum atomic E-state index is 9.25. The van der Waals surface area contributed by atoms with E-state index in [4.69, 9.17) is 27.9 Å². The van der Waals surface area contributed by atoms with E-state index >= 15 is 0 Å². The highest BCUT2D eigenvalue weighted by Gasteiger charge is 2.14. The summed E-state index contributed by atoms with van der Waals surface area (Å²) < 4.78 is 6.01. The molecule has 5 heteroatoms. The summed E-state index contributed by atoms with van der Waals surface area (Å²) in [6.07, 6.45) is 1.06. The summed E-state index contributed by atoms with van der Waals surface area (Å²) in [6.45, 7) is 0. The van der Waals surface area contributed by atoms with Crippen molar-refractivity contribution in [3.05, 3.63) is 58.7 Å². The zero-order valence-corrected chi connectivity index (χ0v) is 13.9. The van der Waals surface area contributed by atoms with Crippen LogP contribution in [0.25, 0.3) is 0 Å². The third-order valence-corrected chi connectivity index (χ3v) is 3.79. The van der Waals surface area contributed by atoms with Gasteiger partial charge in [0, 0.05) is 22.9 Å². The summed E-state index contributed by atoms with van der Waals surface area (Å²) in [7, 11) is 0.